The Bertz CT molecular complexity index is 746. The van der Waals surface area contributed by atoms with E-state index < -0.39 is 11.6 Å². The molecule has 18 heavy (non-hydrogen) atoms. The van der Waals surface area contributed by atoms with E-state index in [1.165, 1.54) is 6.07 Å². The molecular weight excluding hydrogens is 306 g/mol. The first-order chi connectivity index (χ1) is 8.61. The van der Waals surface area contributed by atoms with Crippen LogP contribution in [0.1, 0.15) is 5.69 Å². The van der Waals surface area contributed by atoms with Gasteiger partial charge in [0.05, 0.1) is 11.2 Å². The number of fused-ring (bicyclic) bond motifs is 3. The summed E-state index contributed by atoms with van der Waals surface area (Å²) in [5.74, 6) is -0.838. The van der Waals surface area contributed by atoms with Crippen LogP contribution in [0.15, 0.2) is 16.7 Å². The molecule has 2 heterocycles. The molecule has 0 fully saturated rings. The number of rotatable bonds is 2. The van der Waals surface area contributed by atoms with Crippen LogP contribution in [-0.4, -0.2) is 20.9 Å². The normalized spacial score (nSPS) is 11.8. The van der Waals surface area contributed by atoms with Crippen LogP contribution in [-0.2, 0) is 6.42 Å². The maximum Gasteiger partial charge on any atom is 0.213 e. The van der Waals surface area contributed by atoms with E-state index in [4.69, 9.17) is 5.73 Å². The van der Waals surface area contributed by atoms with Gasteiger partial charge in [-0.15, -0.1) is 0 Å². The van der Waals surface area contributed by atoms with Gasteiger partial charge in [0.15, 0.2) is 5.82 Å². The highest BCUT2D eigenvalue weighted by atomic mass is 79.9. The molecular formula is C11H9BrF2N4. The van der Waals surface area contributed by atoms with Crippen molar-refractivity contribution in [2.45, 2.75) is 6.42 Å². The summed E-state index contributed by atoms with van der Waals surface area (Å²) in [4.78, 5) is 7.15. The zero-order chi connectivity index (χ0) is 12.9. The van der Waals surface area contributed by atoms with Crippen molar-refractivity contribution in [1.82, 2.24) is 14.4 Å². The molecule has 0 amide bonds. The third kappa shape index (κ3) is 1.54. The summed E-state index contributed by atoms with van der Waals surface area (Å²) in [5, 5.41) is 0. The van der Waals surface area contributed by atoms with Crippen molar-refractivity contribution in [2.24, 2.45) is 5.73 Å². The lowest BCUT2D eigenvalue weighted by Crippen LogP contribution is -2.03. The van der Waals surface area contributed by atoms with Gasteiger partial charge in [-0.3, -0.25) is 4.40 Å². The van der Waals surface area contributed by atoms with Crippen LogP contribution < -0.4 is 5.73 Å². The molecule has 0 unspecified atom stereocenters. The molecule has 0 saturated heterocycles. The standard InChI is InChI=1S/C11H9BrF2N4/c12-10-7(1-2-15)16-11-17-9-6(14)3-5(13)4-8(9)18(10)11/h3-4H,1-2,15H2,(H,16,17). The molecule has 2 aromatic heterocycles. The van der Waals surface area contributed by atoms with Gasteiger partial charge in [-0.05, 0) is 22.5 Å². The molecule has 3 aromatic rings. The van der Waals surface area contributed by atoms with Gasteiger partial charge in [0.1, 0.15) is 15.9 Å². The summed E-state index contributed by atoms with van der Waals surface area (Å²) in [6.45, 7) is 0.475. The summed E-state index contributed by atoms with van der Waals surface area (Å²) in [7, 11) is 0. The molecule has 3 rings (SSSR count). The summed E-state index contributed by atoms with van der Waals surface area (Å²) < 4.78 is 29.2. The second-order valence-electron chi connectivity index (χ2n) is 3.96. The van der Waals surface area contributed by atoms with Gasteiger partial charge in [-0.2, -0.15) is 0 Å². The Morgan fingerprint density at radius 2 is 2.17 bits per heavy atom. The number of nitrogens with zero attached hydrogens (tertiary/aromatic N) is 2. The number of nitrogens with one attached hydrogen (secondary N) is 1. The minimum atomic E-state index is -0.672. The van der Waals surface area contributed by atoms with Gasteiger partial charge < -0.3 is 10.7 Å². The fraction of sp³-hybridized carbons (Fsp3) is 0.182. The van der Waals surface area contributed by atoms with Gasteiger partial charge in [0.25, 0.3) is 0 Å². The van der Waals surface area contributed by atoms with E-state index in [2.05, 4.69) is 25.9 Å². The second kappa shape index (κ2) is 4.03. The molecule has 4 nitrogen and oxygen atoms in total. The Morgan fingerprint density at radius 1 is 1.39 bits per heavy atom. The smallest absolute Gasteiger partial charge is 0.213 e. The summed E-state index contributed by atoms with van der Waals surface area (Å²) in [6.07, 6.45) is 0.628. The molecule has 0 atom stereocenters. The Kier molecular flexibility index (Phi) is 2.60. The second-order valence-corrected chi connectivity index (χ2v) is 4.71. The van der Waals surface area contributed by atoms with Crippen molar-refractivity contribution >= 4 is 32.7 Å². The number of benzene rings is 1. The van der Waals surface area contributed by atoms with Crippen LogP contribution in [0.25, 0.3) is 16.8 Å². The van der Waals surface area contributed by atoms with Crippen molar-refractivity contribution in [3.63, 3.8) is 0 Å². The molecule has 7 heteroatoms. The number of nitrogens with two attached hydrogens (primary N) is 1. The average Bonchev–Trinajstić information content (AvgIpc) is 2.79. The number of H-pyrrole nitrogens is 1. The molecule has 1 aromatic carbocycles. The molecule has 0 spiro atoms. The van der Waals surface area contributed by atoms with Gasteiger partial charge in [0.2, 0.25) is 5.78 Å². The minimum Gasteiger partial charge on any atom is -0.330 e. The molecule has 3 N–H and O–H groups in total. The SMILES string of the molecule is NCCc1[nH]c2nc3c(F)cc(F)cc3n2c1Br. The van der Waals surface area contributed by atoms with Gasteiger partial charge in [0, 0.05) is 18.6 Å². The third-order valence-corrected chi connectivity index (χ3v) is 3.61. The molecule has 0 aliphatic carbocycles. The highest BCUT2D eigenvalue weighted by Gasteiger charge is 2.16. The first-order valence-electron chi connectivity index (χ1n) is 5.35. The van der Waals surface area contributed by atoms with Crippen molar-refractivity contribution in [3.05, 3.63) is 34.1 Å². The summed E-state index contributed by atoms with van der Waals surface area (Å²) >= 11 is 3.39. The monoisotopic (exact) mass is 314 g/mol. The first kappa shape index (κ1) is 11.6. The Balaban J connectivity index is 2.40. The molecule has 0 aliphatic rings. The van der Waals surface area contributed by atoms with E-state index in [0.29, 0.717) is 28.9 Å². The number of aromatic nitrogens is 3. The molecule has 0 aliphatic heterocycles. The molecule has 0 saturated carbocycles. The highest BCUT2D eigenvalue weighted by Crippen LogP contribution is 2.27. The van der Waals surface area contributed by atoms with Crippen LogP contribution in [0, 0.1) is 11.6 Å². The van der Waals surface area contributed by atoms with Crippen molar-refractivity contribution in [3.8, 4) is 0 Å². The van der Waals surface area contributed by atoms with Gasteiger partial charge in [-0.1, -0.05) is 0 Å². The lowest BCUT2D eigenvalue weighted by atomic mass is 10.3. The van der Waals surface area contributed by atoms with Gasteiger partial charge in [-0.25, -0.2) is 13.8 Å². The molecule has 0 radical (unpaired) electrons. The van der Waals surface area contributed by atoms with Gasteiger partial charge >= 0.3 is 0 Å². The lowest BCUT2D eigenvalue weighted by molar-refractivity contribution is 0.590. The van der Waals surface area contributed by atoms with Crippen LogP contribution in [0.2, 0.25) is 0 Å². The van der Waals surface area contributed by atoms with E-state index in [9.17, 15) is 8.78 Å². The highest BCUT2D eigenvalue weighted by molar-refractivity contribution is 9.10. The van der Waals surface area contributed by atoms with E-state index in [-0.39, 0.29) is 5.52 Å². The minimum absolute atomic E-state index is 0.141. The maximum absolute atomic E-state index is 13.6. The van der Waals surface area contributed by atoms with Crippen molar-refractivity contribution in [1.29, 1.82) is 0 Å². The van der Waals surface area contributed by atoms with Crippen LogP contribution in [0.3, 0.4) is 0 Å². The lowest BCUT2D eigenvalue weighted by Gasteiger charge is -1.97. The Labute approximate surface area is 109 Å². The zero-order valence-electron chi connectivity index (χ0n) is 9.17. The topological polar surface area (TPSA) is 59.1 Å². The fourth-order valence-corrected chi connectivity index (χ4v) is 2.67. The number of hydrogen-bond acceptors (Lipinski definition) is 2. The largest absolute Gasteiger partial charge is 0.330 e. The van der Waals surface area contributed by atoms with Crippen molar-refractivity contribution in [2.75, 3.05) is 6.54 Å². The summed E-state index contributed by atoms with van der Waals surface area (Å²) in [6, 6.07) is 2.08. The van der Waals surface area contributed by atoms with E-state index in [0.717, 1.165) is 11.8 Å². The zero-order valence-corrected chi connectivity index (χ0v) is 10.8. The predicted molar refractivity (Wildman–Crippen MR) is 67.4 cm³/mol. The van der Waals surface area contributed by atoms with E-state index in [1.807, 2.05) is 0 Å². The van der Waals surface area contributed by atoms with Crippen molar-refractivity contribution < 1.29 is 8.78 Å². The number of aromatic amines is 1. The maximum atomic E-state index is 13.6. The number of halogens is 3. The predicted octanol–water partition coefficient (Wildman–Crippen LogP) is 2.36. The molecule has 94 valence electrons. The average molecular weight is 315 g/mol. The number of hydrogen-bond donors (Lipinski definition) is 2. The Morgan fingerprint density at radius 3 is 2.89 bits per heavy atom. The Hall–Kier alpha value is -1.47. The van der Waals surface area contributed by atoms with E-state index in [1.54, 1.807) is 4.40 Å². The van der Waals surface area contributed by atoms with Crippen LogP contribution >= 0.6 is 15.9 Å². The quantitative estimate of drug-likeness (QED) is 0.763. The summed E-state index contributed by atoms with van der Waals surface area (Å²) in [5.41, 5.74) is 6.87. The van der Waals surface area contributed by atoms with Crippen LogP contribution in [0.5, 0.6) is 0 Å². The first-order valence-corrected chi connectivity index (χ1v) is 6.14. The third-order valence-electron chi connectivity index (χ3n) is 2.78. The fourth-order valence-electron chi connectivity index (χ4n) is 2.02. The molecule has 0 bridgehead atoms. The van der Waals surface area contributed by atoms with Crippen LogP contribution in [0.4, 0.5) is 8.78 Å². The number of imidazole rings is 2. The van der Waals surface area contributed by atoms with E-state index >= 15 is 0 Å².